The third kappa shape index (κ3) is 3.77. The molecule has 1 atom stereocenters. The Labute approximate surface area is 141 Å². The lowest BCUT2D eigenvalue weighted by Gasteiger charge is -2.15. The molecule has 1 aliphatic rings. The van der Waals surface area contributed by atoms with Crippen molar-refractivity contribution in [2.75, 3.05) is 13.1 Å². The van der Waals surface area contributed by atoms with Gasteiger partial charge in [-0.1, -0.05) is 19.0 Å². The van der Waals surface area contributed by atoms with Crippen LogP contribution < -0.4 is 0 Å². The van der Waals surface area contributed by atoms with Crippen LogP contribution in [0.4, 0.5) is 0 Å². The van der Waals surface area contributed by atoms with Gasteiger partial charge in [0.25, 0.3) is 0 Å². The number of carbonyl (C=O) groups is 1. The Hall–Kier alpha value is -2.31. The van der Waals surface area contributed by atoms with Crippen molar-refractivity contribution in [2.24, 2.45) is 0 Å². The number of nitrogens with zero attached hydrogens (tertiary/aromatic N) is 5. The predicted molar refractivity (Wildman–Crippen MR) is 87.4 cm³/mol. The summed E-state index contributed by atoms with van der Waals surface area (Å²) in [6.07, 6.45) is 3.57. The lowest BCUT2D eigenvalue weighted by Crippen LogP contribution is -2.28. The maximum Gasteiger partial charge on any atom is 0.227 e. The van der Waals surface area contributed by atoms with Crippen LogP contribution in [-0.4, -0.2) is 44.0 Å². The minimum Gasteiger partial charge on any atom is -0.342 e. The Morgan fingerprint density at radius 1 is 1.42 bits per heavy atom. The monoisotopic (exact) mass is 329 g/mol. The summed E-state index contributed by atoms with van der Waals surface area (Å²) >= 11 is 0. The van der Waals surface area contributed by atoms with Crippen LogP contribution in [-0.2, 0) is 11.2 Å². The summed E-state index contributed by atoms with van der Waals surface area (Å²) < 4.78 is 5.19. The van der Waals surface area contributed by atoms with Crippen LogP contribution in [0, 0.1) is 6.92 Å². The van der Waals surface area contributed by atoms with Gasteiger partial charge < -0.3 is 9.42 Å². The smallest absolute Gasteiger partial charge is 0.227 e. The molecule has 2 aromatic heterocycles. The molecule has 1 aliphatic heterocycles. The quantitative estimate of drug-likeness (QED) is 0.836. The molecule has 3 heterocycles. The van der Waals surface area contributed by atoms with Crippen LogP contribution in [0.25, 0.3) is 0 Å². The third-order valence-electron chi connectivity index (χ3n) is 4.27. The molecule has 7 heteroatoms. The highest BCUT2D eigenvalue weighted by Gasteiger charge is 2.29. The Balaban J connectivity index is 1.52. The van der Waals surface area contributed by atoms with E-state index in [9.17, 15) is 4.79 Å². The number of aromatic nitrogens is 4. The van der Waals surface area contributed by atoms with Gasteiger partial charge in [0.2, 0.25) is 11.8 Å². The summed E-state index contributed by atoms with van der Waals surface area (Å²) in [5.41, 5.74) is 0.960. The van der Waals surface area contributed by atoms with E-state index in [1.165, 1.54) is 0 Å². The first kappa shape index (κ1) is 16.5. The van der Waals surface area contributed by atoms with Crippen LogP contribution in [0.5, 0.6) is 0 Å². The Morgan fingerprint density at radius 3 is 2.96 bits per heavy atom. The number of amides is 1. The molecule has 2 aromatic rings. The average Bonchev–Trinajstić information content (AvgIpc) is 3.22. The van der Waals surface area contributed by atoms with Gasteiger partial charge in [-0.3, -0.25) is 4.79 Å². The van der Waals surface area contributed by atoms with Crippen LogP contribution in [0.2, 0.25) is 0 Å². The first-order valence-electron chi connectivity index (χ1n) is 8.42. The SMILES string of the molecule is Cc1ccnc([C@H]2CCN(C(=O)CCc3nc(C(C)C)no3)C2)n1. The van der Waals surface area contributed by atoms with Crippen molar-refractivity contribution in [3.8, 4) is 0 Å². The maximum atomic E-state index is 12.4. The Kier molecular flexibility index (Phi) is 4.87. The molecule has 0 radical (unpaired) electrons. The first-order valence-corrected chi connectivity index (χ1v) is 8.42. The second-order valence-corrected chi connectivity index (χ2v) is 6.58. The molecule has 128 valence electrons. The standard InChI is InChI=1S/C17H23N5O2/c1-11(2)16-20-14(24-21-16)4-5-15(23)22-9-7-13(10-22)17-18-8-6-12(3)19-17/h6,8,11,13H,4-5,7,9-10H2,1-3H3/t13-/m0/s1. The molecular weight excluding hydrogens is 306 g/mol. The van der Waals surface area contributed by atoms with Crippen molar-refractivity contribution in [1.82, 2.24) is 25.0 Å². The van der Waals surface area contributed by atoms with Crippen molar-refractivity contribution < 1.29 is 9.32 Å². The van der Waals surface area contributed by atoms with Gasteiger partial charge in [-0.15, -0.1) is 0 Å². The second-order valence-electron chi connectivity index (χ2n) is 6.58. The number of rotatable bonds is 5. The molecular formula is C17H23N5O2. The minimum atomic E-state index is 0.120. The molecule has 1 saturated heterocycles. The maximum absolute atomic E-state index is 12.4. The van der Waals surface area contributed by atoms with E-state index in [2.05, 4.69) is 20.1 Å². The highest BCUT2D eigenvalue weighted by Crippen LogP contribution is 2.25. The largest absolute Gasteiger partial charge is 0.342 e. The van der Waals surface area contributed by atoms with Crippen LogP contribution in [0.3, 0.4) is 0 Å². The first-order chi connectivity index (χ1) is 11.5. The highest BCUT2D eigenvalue weighted by molar-refractivity contribution is 5.76. The molecule has 3 rings (SSSR count). The fourth-order valence-electron chi connectivity index (χ4n) is 2.84. The fourth-order valence-corrected chi connectivity index (χ4v) is 2.84. The molecule has 0 unspecified atom stereocenters. The van der Waals surface area contributed by atoms with E-state index in [1.54, 1.807) is 6.20 Å². The summed E-state index contributed by atoms with van der Waals surface area (Å²) in [4.78, 5) is 27.4. The lowest BCUT2D eigenvalue weighted by atomic mass is 10.1. The van der Waals surface area contributed by atoms with Crippen LogP contribution in [0.15, 0.2) is 16.8 Å². The molecule has 0 N–H and O–H groups in total. The van der Waals surface area contributed by atoms with E-state index in [-0.39, 0.29) is 17.7 Å². The topological polar surface area (TPSA) is 85.0 Å². The molecule has 0 saturated carbocycles. The zero-order chi connectivity index (χ0) is 17.1. The van der Waals surface area contributed by atoms with Gasteiger partial charge in [-0.25, -0.2) is 9.97 Å². The van der Waals surface area contributed by atoms with Crippen LogP contribution in [0.1, 0.15) is 61.8 Å². The lowest BCUT2D eigenvalue weighted by molar-refractivity contribution is -0.130. The number of hydrogen-bond acceptors (Lipinski definition) is 6. The number of aryl methyl sites for hydroxylation is 2. The highest BCUT2D eigenvalue weighted by atomic mass is 16.5. The van der Waals surface area contributed by atoms with E-state index >= 15 is 0 Å². The van der Waals surface area contributed by atoms with Crippen LogP contribution >= 0.6 is 0 Å². The molecule has 1 amide bonds. The van der Waals surface area contributed by atoms with Crippen molar-refractivity contribution in [2.45, 2.75) is 51.9 Å². The average molecular weight is 329 g/mol. The third-order valence-corrected chi connectivity index (χ3v) is 4.27. The molecule has 24 heavy (non-hydrogen) atoms. The summed E-state index contributed by atoms with van der Waals surface area (Å²) in [7, 11) is 0. The second kappa shape index (κ2) is 7.07. The number of likely N-dealkylation sites (tertiary alicyclic amines) is 1. The van der Waals surface area contributed by atoms with Gasteiger partial charge in [-0.2, -0.15) is 4.98 Å². The molecule has 1 fully saturated rings. The van der Waals surface area contributed by atoms with Gasteiger partial charge >= 0.3 is 0 Å². The van der Waals surface area contributed by atoms with E-state index in [1.807, 2.05) is 31.7 Å². The van der Waals surface area contributed by atoms with Crippen molar-refractivity contribution >= 4 is 5.91 Å². The zero-order valence-corrected chi connectivity index (χ0v) is 14.4. The molecule has 7 nitrogen and oxygen atoms in total. The van der Waals surface area contributed by atoms with Gasteiger partial charge in [0, 0.05) is 49.7 Å². The van der Waals surface area contributed by atoms with E-state index < -0.39 is 0 Å². The van der Waals surface area contributed by atoms with E-state index in [0.29, 0.717) is 31.1 Å². The van der Waals surface area contributed by atoms with Crippen molar-refractivity contribution in [1.29, 1.82) is 0 Å². The summed E-state index contributed by atoms with van der Waals surface area (Å²) in [5.74, 6) is 2.63. The Bertz CT molecular complexity index is 713. The molecule has 0 aromatic carbocycles. The van der Waals surface area contributed by atoms with Crippen molar-refractivity contribution in [3.05, 3.63) is 35.5 Å². The normalized spacial score (nSPS) is 17.7. The van der Waals surface area contributed by atoms with Crippen molar-refractivity contribution in [3.63, 3.8) is 0 Å². The van der Waals surface area contributed by atoms with E-state index in [4.69, 9.17) is 4.52 Å². The van der Waals surface area contributed by atoms with Gasteiger partial charge in [-0.05, 0) is 19.4 Å². The number of hydrogen-bond donors (Lipinski definition) is 0. The molecule has 0 aliphatic carbocycles. The summed E-state index contributed by atoms with van der Waals surface area (Å²) in [5, 5.41) is 3.92. The minimum absolute atomic E-state index is 0.120. The van der Waals surface area contributed by atoms with Gasteiger partial charge in [0.1, 0.15) is 5.82 Å². The van der Waals surface area contributed by atoms with Gasteiger partial charge in [0.15, 0.2) is 5.82 Å². The number of carbonyl (C=O) groups excluding carboxylic acids is 1. The molecule has 0 spiro atoms. The summed E-state index contributed by atoms with van der Waals surface area (Å²) in [6, 6.07) is 1.89. The fraction of sp³-hybridized carbons (Fsp3) is 0.588. The predicted octanol–water partition coefficient (Wildman–Crippen LogP) is 2.24. The zero-order valence-electron chi connectivity index (χ0n) is 14.4. The summed E-state index contributed by atoms with van der Waals surface area (Å²) in [6.45, 7) is 7.42. The molecule has 0 bridgehead atoms. The van der Waals surface area contributed by atoms with Gasteiger partial charge in [0.05, 0.1) is 0 Å². The Morgan fingerprint density at radius 2 is 2.25 bits per heavy atom. The van der Waals surface area contributed by atoms with E-state index in [0.717, 1.165) is 24.5 Å².